The number of aromatic nitrogens is 2. The van der Waals surface area contributed by atoms with Gasteiger partial charge in [-0.15, -0.1) is 21.9 Å². The van der Waals surface area contributed by atoms with Gasteiger partial charge in [-0.3, -0.25) is 9.78 Å². The summed E-state index contributed by atoms with van der Waals surface area (Å²) in [5, 5.41) is 0. The highest BCUT2D eigenvalue weighted by molar-refractivity contribution is 7.20. The smallest absolute Gasteiger partial charge is 0.267 e. The third kappa shape index (κ3) is 7.72. The van der Waals surface area contributed by atoms with E-state index in [1.807, 2.05) is 29.0 Å². The van der Waals surface area contributed by atoms with Crippen LogP contribution in [0.4, 0.5) is 87.8 Å². The molecule has 1 saturated carbocycles. The number of hydrogen-bond donors (Lipinski definition) is 0. The van der Waals surface area contributed by atoms with Gasteiger partial charge in [0.2, 0.25) is 5.78 Å². The van der Waals surface area contributed by atoms with Gasteiger partial charge in [-0.1, -0.05) is 43.2 Å². The van der Waals surface area contributed by atoms with E-state index >= 15 is 35.1 Å². The Morgan fingerprint density at radius 1 is 0.462 bits per heavy atom. The molecule has 1 fully saturated rings. The lowest BCUT2D eigenvalue weighted by molar-refractivity contribution is -0.690. The van der Waals surface area contributed by atoms with Gasteiger partial charge in [0, 0.05) is 11.5 Å². The molecular formula is C41H19BF20N2O. The minimum absolute atomic E-state index is 0.196. The minimum atomic E-state index is -7.22. The van der Waals surface area contributed by atoms with Gasteiger partial charge in [-0.05, 0) is 12.8 Å². The number of nitrogens with zero attached hydrogens (tertiary/aromatic N) is 2. The van der Waals surface area contributed by atoms with Crippen LogP contribution >= 0.6 is 0 Å². The predicted octanol–water partition coefficient (Wildman–Crippen LogP) is 8.64. The van der Waals surface area contributed by atoms with Crippen molar-refractivity contribution in [3.8, 4) is 0 Å². The molecule has 0 saturated heterocycles. The molecule has 0 aliphatic heterocycles. The van der Waals surface area contributed by atoms with Gasteiger partial charge in [-0.25, -0.2) is 87.8 Å². The summed E-state index contributed by atoms with van der Waals surface area (Å²) in [5.41, 5.74) is -12.4. The lowest BCUT2D eigenvalue weighted by Crippen LogP contribution is -2.81. The Balaban J connectivity index is 0.000000289. The molecule has 0 amide bonds. The van der Waals surface area contributed by atoms with Crippen molar-refractivity contribution in [3.63, 3.8) is 0 Å². The van der Waals surface area contributed by atoms with Crippen molar-refractivity contribution in [3.05, 3.63) is 177 Å². The molecule has 24 heteroatoms. The van der Waals surface area contributed by atoms with Gasteiger partial charge in [-0.2, -0.15) is 4.57 Å². The van der Waals surface area contributed by atoms with Crippen molar-refractivity contribution < 1.29 is 97.2 Å². The van der Waals surface area contributed by atoms with Crippen LogP contribution in [-0.2, 0) is 6.54 Å². The summed E-state index contributed by atoms with van der Waals surface area (Å²) >= 11 is 0. The molecule has 0 radical (unpaired) electrons. The molecule has 1 heterocycles. The van der Waals surface area contributed by atoms with E-state index in [1.54, 1.807) is 12.4 Å². The average molecular weight is 946 g/mol. The van der Waals surface area contributed by atoms with Crippen LogP contribution in [0.3, 0.4) is 0 Å². The molecule has 5 aromatic carbocycles. The maximum atomic E-state index is 15.4. The van der Waals surface area contributed by atoms with E-state index in [1.165, 1.54) is 18.4 Å². The lowest BCUT2D eigenvalue weighted by atomic mass is 9.12. The summed E-state index contributed by atoms with van der Waals surface area (Å²) in [4.78, 5) is 16.7. The topological polar surface area (TPSA) is 33.8 Å². The van der Waals surface area contributed by atoms with Crippen molar-refractivity contribution in [2.24, 2.45) is 5.92 Å². The van der Waals surface area contributed by atoms with E-state index < -0.39 is 144 Å². The van der Waals surface area contributed by atoms with Crippen LogP contribution in [0.1, 0.15) is 41.7 Å². The highest BCUT2D eigenvalue weighted by Gasteiger charge is 2.52. The summed E-state index contributed by atoms with van der Waals surface area (Å²) < 4.78 is 296. The second-order valence-corrected chi connectivity index (χ2v) is 14.2. The molecule has 0 bridgehead atoms. The molecule has 3 nitrogen and oxygen atoms in total. The normalized spacial score (nSPS) is 13.0. The third-order valence-corrected chi connectivity index (χ3v) is 10.7. The van der Waals surface area contributed by atoms with Crippen molar-refractivity contribution in [2.75, 3.05) is 0 Å². The number of carbonyl (C=O) groups is 1. The number of hydrogen-bond acceptors (Lipinski definition) is 2. The van der Waals surface area contributed by atoms with Gasteiger partial charge in [0.1, 0.15) is 58.9 Å². The molecule has 1 aliphatic carbocycles. The van der Waals surface area contributed by atoms with Gasteiger partial charge < -0.3 is 0 Å². The second-order valence-electron chi connectivity index (χ2n) is 14.2. The summed E-state index contributed by atoms with van der Waals surface area (Å²) in [6.45, 7) is 0.719. The van der Waals surface area contributed by atoms with Crippen LogP contribution in [0.15, 0.2) is 48.9 Å². The summed E-state index contributed by atoms with van der Waals surface area (Å²) in [5.74, 6) is -71.0. The average Bonchev–Trinajstić information content (AvgIpc) is 3.85. The number of ketones is 1. The number of halogens is 20. The quantitative estimate of drug-likeness (QED) is 0.0383. The Hall–Kier alpha value is -6.49. The Labute approximate surface area is 350 Å². The third-order valence-electron chi connectivity index (χ3n) is 10.7. The molecule has 0 unspecified atom stereocenters. The first-order valence-electron chi connectivity index (χ1n) is 18.2. The van der Waals surface area contributed by atoms with Gasteiger partial charge in [0.15, 0.2) is 82.5 Å². The molecular weight excluding hydrogens is 927 g/mol. The van der Waals surface area contributed by atoms with Crippen molar-refractivity contribution in [1.29, 1.82) is 0 Å². The monoisotopic (exact) mass is 946 g/mol. The fourth-order valence-corrected chi connectivity index (χ4v) is 7.78. The zero-order valence-corrected chi connectivity index (χ0v) is 31.7. The van der Waals surface area contributed by atoms with Crippen LogP contribution in [0, 0.1) is 122 Å². The molecule has 0 atom stereocenters. The summed E-state index contributed by atoms with van der Waals surface area (Å²) in [6, 6.07) is 10.2. The second kappa shape index (κ2) is 18.2. The minimum Gasteiger partial charge on any atom is -0.287 e. The molecule has 7 rings (SSSR count). The van der Waals surface area contributed by atoms with Gasteiger partial charge in [0.05, 0.1) is 6.20 Å². The van der Waals surface area contributed by atoms with E-state index in [0.717, 1.165) is 25.1 Å². The zero-order valence-electron chi connectivity index (χ0n) is 31.7. The van der Waals surface area contributed by atoms with Crippen LogP contribution in [0.5, 0.6) is 0 Å². The maximum absolute atomic E-state index is 15.4. The van der Waals surface area contributed by atoms with Crippen LogP contribution in [0.2, 0.25) is 0 Å². The molecule has 1 aromatic heterocycles. The van der Waals surface area contributed by atoms with Gasteiger partial charge >= 0.3 is 0 Å². The van der Waals surface area contributed by atoms with Crippen LogP contribution in [0.25, 0.3) is 0 Å². The fourth-order valence-electron chi connectivity index (χ4n) is 7.78. The first-order chi connectivity index (χ1) is 30.5. The largest absolute Gasteiger partial charge is 0.287 e. The predicted molar refractivity (Wildman–Crippen MR) is 185 cm³/mol. The number of carbonyl (C=O) groups excluding carboxylic acids is 1. The molecule has 0 spiro atoms. The van der Waals surface area contributed by atoms with Crippen LogP contribution < -0.4 is 26.4 Å². The molecule has 342 valence electrons. The van der Waals surface area contributed by atoms with E-state index in [-0.39, 0.29) is 11.7 Å². The maximum Gasteiger partial charge on any atom is 0.267 e. The van der Waals surface area contributed by atoms with Crippen molar-refractivity contribution in [1.82, 2.24) is 4.98 Å². The Morgan fingerprint density at radius 2 is 0.754 bits per heavy atom. The first kappa shape index (κ1) is 48.0. The van der Waals surface area contributed by atoms with Gasteiger partial charge in [0.25, 0.3) is 5.69 Å². The van der Waals surface area contributed by atoms with E-state index in [0.29, 0.717) is 0 Å². The molecule has 1 aliphatic rings. The highest BCUT2D eigenvalue weighted by Crippen LogP contribution is 2.31. The summed E-state index contributed by atoms with van der Waals surface area (Å²) in [7, 11) is 0. The molecule has 0 N–H and O–H groups in total. The van der Waals surface area contributed by atoms with Crippen LogP contribution in [-0.4, -0.2) is 16.9 Å². The van der Waals surface area contributed by atoms with Crippen molar-refractivity contribution in [2.45, 2.75) is 32.2 Å². The first-order valence-corrected chi connectivity index (χ1v) is 18.2. The standard InChI is InChI=1S/C24BF20.C17H19N2O/c26-5-1(6(27)14(35)21(42)13(5)34)25(2-7(28)15(36)22(43)16(37)8(2)29,3-9(30)17(38)23(44)18(39)10(3)31)4-11(32)19(40)24(45)20(41)12(4)33;20-17(15-8-4-5-9-15)16-12-18-10-11-19(16)13-14-6-2-1-3-7-14/h;1-3,6-7,10-12,15H,4-5,8-9,13H2/q-1;+1. The zero-order chi connectivity index (χ0) is 48.1. The fraction of sp³-hybridized carbons (Fsp3) is 0.146. The molecule has 6 aromatic rings. The van der Waals surface area contributed by atoms with Crippen molar-refractivity contribution >= 4 is 33.8 Å². The summed E-state index contributed by atoms with van der Waals surface area (Å²) in [6.07, 6.45) is 2.54. The SMILES string of the molecule is Fc1c(F)c(F)c([B-](c2c(F)c(F)c(F)c(F)c2F)(c2c(F)c(F)c(F)c(F)c2F)c2c(F)c(F)c(F)c(F)c2F)c(F)c1F.O=C(c1cncc[n+]1Cc1ccccc1)C1CCCC1. The highest BCUT2D eigenvalue weighted by atomic mass is 19.2. The van der Waals surface area contributed by atoms with E-state index in [4.69, 9.17) is 0 Å². The Kier molecular flexibility index (Phi) is 13.4. The van der Waals surface area contributed by atoms with E-state index in [2.05, 4.69) is 17.1 Å². The number of Topliss-reactive ketones (excluding diaryl/α,β-unsaturated/α-hetero) is 1. The molecule has 65 heavy (non-hydrogen) atoms. The Morgan fingerprint density at radius 3 is 1.06 bits per heavy atom. The number of rotatable bonds is 8. The number of benzene rings is 5. The lowest BCUT2D eigenvalue weighted by Gasteiger charge is -2.44. The Bertz CT molecular complexity index is 2510. The van der Waals surface area contributed by atoms with E-state index in [9.17, 15) is 57.5 Å².